The van der Waals surface area contributed by atoms with Crippen molar-refractivity contribution in [1.29, 1.82) is 0 Å². The van der Waals surface area contributed by atoms with Crippen LogP contribution in [0.5, 0.6) is 0 Å². The van der Waals surface area contributed by atoms with Crippen molar-refractivity contribution in [3.8, 4) is 0 Å². The van der Waals surface area contributed by atoms with Crippen molar-refractivity contribution in [2.24, 2.45) is 23.5 Å². The van der Waals surface area contributed by atoms with E-state index in [1.165, 1.54) is 0 Å². The van der Waals surface area contributed by atoms with E-state index in [1.807, 2.05) is 13.8 Å². The Bertz CT molecular complexity index is 344. The predicted octanol–water partition coefficient (Wildman–Crippen LogP) is 1.03. The molecule has 20 heavy (non-hydrogen) atoms. The maximum Gasteiger partial charge on any atom is 0.242 e. The van der Waals surface area contributed by atoms with Gasteiger partial charge in [-0.3, -0.25) is 9.59 Å². The summed E-state index contributed by atoms with van der Waals surface area (Å²) in [4.78, 5) is 24.1. The highest BCUT2D eigenvalue weighted by atomic mass is 16.2. The summed E-state index contributed by atoms with van der Waals surface area (Å²) in [5, 5.41) is 5.62. The molecule has 0 radical (unpaired) electrons. The molecule has 5 nitrogen and oxygen atoms in total. The predicted molar refractivity (Wildman–Crippen MR) is 79.9 cm³/mol. The molecule has 1 saturated carbocycles. The average molecular weight is 283 g/mol. The smallest absolute Gasteiger partial charge is 0.242 e. The molecule has 1 rings (SSSR count). The third-order valence-electron chi connectivity index (χ3n) is 4.07. The zero-order chi connectivity index (χ0) is 15.3. The summed E-state index contributed by atoms with van der Waals surface area (Å²) < 4.78 is 0. The summed E-state index contributed by atoms with van der Waals surface area (Å²) in [5.74, 6) is 0.374. The van der Waals surface area contributed by atoms with Crippen LogP contribution in [0.3, 0.4) is 0 Å². The van der Waals surface area contributed by atoms with Gasteiger partial charge in [-0.15, -0.1) is 0 Å². The van der Waals surface area contributed by atoms with Gasteiger partial charge in [0.1, 0.15) is 6.04 Å². The first kappa shape index (κ1) is 17.0. The van der Waals surface area contributed by atoms with Gasteiger partial charge in [-0.25, -0.2) is 0 Å². The van der Waals surface area contributed by atoms with Crippen molar-refractivity contribution >= 4 is 11.8 Å². The highest BCUT2D eigenvalue weighted by Gasteiger charge is 2.33. The molecule has 0 heterocycles. The molecule has 0 aliphatic heterocycles. The van der Waals surface area contributed by atoms with Crippen LogP contribution in [0.2, 0.25) is 0 Å². The van der Waals surface area contributed by atoms with Crippen LogP contribution in [-0.4, -0.2) is 30.4 Å². The van der Waals surface area contributed by atoms with Crippen LogP contribution < -0.4 is 16.4 Å². The molecule has 4 N–H and O–H groups in total. The molecule has 0 spiro atoms. The molecule has 4 atom stereocenters. The zero-order valence-corrected chi connectivity index (χ0v) is 13.1. The molecule has 0 aromatic heterocycles. The first-order valence-corrected chi connectivity index (χ1v) is 7.66. The van der Waals surface area contributed by atoms with Crippen molar-refractivity contribution < 1.29 is 9.59 Å². The van der Waals surface area contributed by atoms with Crippen LogP contribution in [0, 0.1) is 17.8 Å². The van der Waals surface area contributed by atoms with E-state index < -0.39 is 6.04 Å². The lowest BCUT2D eigenvalue weighted by Crippen LogP contribution is -2.52. The van der Waals surface area contributed by atoms with E-state index in [9.17, 15) is 9.59 Å². The monoisotopic (exact) mass is 283 g/mol. The maximum absolute atomic E-state index is 12.2. The molecular weight excluding hydrogens is 254 g/mol. The Labute approximate surface area is 122 Å². The largest absolute Gasteiger partial charge is 0.354 e. The van der Waals surface area contributed by atoms with E-state index in [-0.39, 0.29) is 23.8 Å². The summed E-state index contributed by atoms with van der Waals surface area (Å²) in [7, 11) is 0. The number of carbonyl (C=O) groups is 2. The van der Waals surface area contributed by atoms with Crippen molar-refractivity contribution in [3.63, 3.8) is 0 Å². The lowest BCUT2D eigenvalue weighted by molar-refractivity contribution is -0.132. The summed E-state index contributed by atoms with van der Waals surface area (Å²) in [5.41, 5.74) is 6.11. The highest BCUT2D eigenvalue weighted by Crippen LogP contribution is 2.27. The molecule has 1 fully saturated rings. The van der Waals surface area contributed by atoms with E-state index in [2.05, 4.69) is 17.6 Å². The SMILES string of the molecule is CC(C)CNC(=O)C(C)NC(=O)C1CCCC(C)C1N. The van der Waals surface area contributed by atoms with Gasteiger partial charge in [0.05, 0.1) is 5.92 Å². The van der Waals surface area contributed by atoms with Gasteiger partial charge < -0.3 is 16.4 Å². The molecule has 5 heteroatoms. The molecule has 0 bridgehead atoms. The van der Waals surface area contributed by atoms with Crippen LogP contribution in [0.1, 0.15) is 47.0 Å². The summed E-state index contributed by atoms with van der Waals surface area (Å²) in [6.07, 6.45) is 2.92. The Hall–Kier alpha value is -1.10. The first-order chi connectivity index (χ1) is 9.32. The van der Waals surface area contributed by atoms with Gasteiger partial charge >= 0.3 is 0 Å². The lowest BCUT2D eigenvalue weighted by atomic mass is 9.78. The quantitative estimate of drug-likeness (QED) is 0.704. The third-order valence-corrected chi connectivity index (χ3v) is 4.07. The Morgan fingerprint density at radius 2 is 1.90 bits per heavy atom. The van der Waals surface area contributed by atoms with Gasteiger partial charge in [0, 0.05) is 12.6 Å². The molecule has 1 aliphatic carbocycles. The average Bonchev–Trinajstić information content (AvgIpc) is 2.38. The topological polar surface area (TPSA) is 84.2 Å². The van der Waals surface area contributed by atoms with Crippen LogP contribution in [0.25, 0.3) is 0 Å². The Morgan fingerprint density at radius 3 is 2.50 bits per heavy atom. The number of rotatable bonds is 5. The van der Waals surface area contributed by atoms with E-state index in [0.29, 0.717) is 18.4 Å². The molecule has 2 amide bonds. The summed E-state index contributed by atoms with van der Waals surface area (Å²) in [6, 6.07) is -0.611. The van der Waals surface area contributed by atoms with E-state index in [4.69, 9.17) is 5.73 Å². The number of nitrogens with two attached hydrogens (primary N) is 1. The molecule has 0 saturated heterocycles. The second-order valence-electron chi connectivity index (χ2n) is 6.46. The fraction of sp³-hybridized carbons (Fsp3) is 0.867. The van der Waals surface area contributed by atoms with E-state index >= 15 is 0 Å². The minimum atomic E-state index is -0.509. The second kappa shape index (κ2) is 7.62. The van der Waals surface area contributed by atoms with Gasteiger partial charge in [0.15, 0.2) is 0 Å². The summed E-state index contributed by atoms with van der Waals surface area (Å²) >= 11 is 0. The molecule has 0 aromatic rings. The van der Waals surface area contributed by atoms with Crippen molar-refractivity contribution in [1.82, 2.24) is 10.6 Å². The maximum atomic E-state index is 12.2. The number of hydrogen-bond acceptors (Lipinski definition) is 3. The number of hydrogen-bond donors (Lipinski definition) is 3. The Kier molecular flexibility index (Phi) is 6.46. The Morgan fingerprint density at radius 1 is 1.25 bits per heavy atom. The van der Waals surface area contributed by atoms with Crippen molar-refractivity contribution in [3.05, 3.63) is 0 Å². The number of amides is 2. The first-order valence-electron chi connectivity index (χ1n) is 7.66. The molecular formula is C15H29N3O2. The molecule has 1 aliphatic rings. The van der Waals surface area contributed by atoms with Gasteiger partial charge in [-0.05, 0) is 31.6 Å². The van der Waals surface area contributed by atoms with Gasteiger partial charge in [-0.1, -0.05) is 27.2 Å². The third kappa shape index (κ3) is 4.78. The van der Waals surface area contributed by atoms with E-state index in [0.717, 1.165) is 19.3 Å². The fourth-order valence-corrected chi connectivity index (χ4v) is 2.59. The van der Waals surface area contributed by atoms with Crippen molar-refractivity contribution in [2.45, 2.75) is 59.0 Å². The molecule has 4 unspecified atom stereocenters. The minimum absolute atomic E-state index is 0.0868. The van der Waals surface area contributed by atoms with Gasteiger partial charge in [0.2, 0.25) is 11.8 Å². The highest BCUT2D eigenvalue weighted by molar-refractivity contribution is 5.88. The molecule has 0 aromatic carbocycles. The van der Waals surface area contributed by atoms with Crippen LogP contribution >= 0.6 is 0 Å². The Balaban J connectivity index is 2.46. The minimum Gasteiger partial charge on any atom is -0.354 e. The van der Waals surface area contributed by atoms with Gasteiger partial charge in [0.25, 0.3) is 0 Å². The van der Waals surface area contributed by atoms with Crippen LogP contribution in [-0.2, 0) is 9.59 Å². The van der Waals surface area contributed by atoms with Crippen LogP contribution in [0.4, 0.5) is 0 Å². The summed E-state index contributed by atoms with van der Waals surface area (Å²) in [6.45, 7) is 8.49. The van der Waals surface area contributed by atoms with Gasteiger partial charge in [-0.2, -0.15) is 0 Å². The normalized spacial score (nSPS) is 28.0. The van der Waals surface area contributed by atoms with Crippen molar-refractivity contribution in [2.75, 3.05) is 6.54 Å². The standard InChI is InChI=1S/C15H29N3O2/c1-9(2)8-17-14(19)11(4)18-15(20)12-7-5-6-10(3)13(12)16/h9-13H,5-8,16H2,1-4H3,(H,17,19)(H,18,20). The lowest BCUT2D eigenvalue weighted by Gasteiger charge is -2.33. The molecule has 116 valence electrons. The van der Waals surface area contributed by atoms with Crippen LogP contribution in [0.15, 0.2) is 0 Å². The zero-order valence-electron chi connectivity index (χ0n) is 13.1. The number of carbonyl (C=O) groups excluding carboxylic acids is 2. The van der Waals surface area contributed by atoms with E-state index in [1.54, 1.807) is 6.92 Å². The number of nitrogens with one attached hydrogen (secondary N) is 2. The fourth-order valence-electron chi connectivity index (χ4n) is 2.59. The second-order valence-corrected chi connectivity index (χ2v) is 6.46.